The van der Waals surface area contributed by atoms with Crippen LogP contribution >= 0.6 is 11.6 Å². The molecule has 37 heavy (non-hydrogen) atoms. The maximum atomic E-state index is 13.2. The standard InChI is InChI=1S/C26H24ClF3N4O3/c27-22-13-18(9-11-31-22)23(35)33-15-25(10-12-37-16-25)24(36)32-14-17-5-7-19(8-6-17)34-21-4-2-1-3-20(21)26(28,29)30/h1-9,11,13,34H,10,12,14-16H2,(H,32,36)(H,33,35)/t25-/m0/s1. The van der Waals surface area contributed by atoms with Crippen molar-refractivity contribution in [3.63, 3.8) is 0 Å². The zero-order chi connectivity index (χ0) is 26.5. The highest BCUT2D eigenvalue weighted by Gasteiger charge is 2.42. The van der Waals surface area contributed by atoms with E-state index in [1.807, 2.05) is 0 Å². The van der Waals surface area contributed by atoms with Gasteiger partial charge in [-0.2, -0.15) is 13.2 Å². The molecular formula is C26H24ClF3N4O3. The van der Waals surface area contributed by atoms with Gasteiger partial charge >= 0.3 is 6.18 Å². The molecule has 1 atom stereocenters. The first-order valence-corrected chi connectivity index (χ1v) is 11.8. The van der Waals surface area contributed by atoms with E-state index >= 15 is 0 Å². The molecule has 0 unspecified atom stereocenters. The van der Waals surface area contributed by atoms with Gasteiger partial charge in [0.15, 0.2) is 0 Å². The molecule has 1 saturated heterocycles. The van der Waals surface area contributed by atoms with Crippen molar-refractivity contribution in [2.45, 2.75) is 19.1 Å². The number of hydrogen-bond donors (Lipinski definition) is 3. The Morgan fingerprint density at radius 3 is 2.49 bits per heavy atom. The van der Waals surface area contributed by atoms with Crippen LogP contribution in [0.5, 0.6) is 0 Å². The number of para-hydroxylation sites is 1. The van der Waals surface area contributed by atoms with Crippen LogP contribution in [0, 0.1) is 5.41 Å². The summed E-state index contributed by atoms with van der Waals surface area (Å²) in [6, 6.07) is 14.9. The number of nitrogens with zero attached hydrogens (tertiary/aromatic N) is 1. The molecule has 0 radical (unpaired) electrons. The predicted octanol–water partition coefficient (Wildman–Crippen LogP) is 4.95. The fraction of sp³-hybridized carbons (Fsp3) is 0.269. The number of amides is 2. The summed E-state index contributed by atoms with van der Waals surface area (Å²) in [7, 11) is 0. The van der Waals surface area contributed by atoms with Crippen LogP contribution in [0.15, 0.2) is 66.9 Å². The molecule has 4 rings (SSSR count). The minimum absolute atomic E-state index is 0.0460. The second-order valence-electron chi connectivity index (χ2n) is 8.68. The molecule has 0 saturated carbocycles. The van der Waals surface area contributed by atoms with Gasteiger partial charge in [0, 0.05) is 37.1 Å². The zero-order valence-electron chi connectivity index (χ0n) is 19.6. The van der Waals surface area contributed by atoms with Gasteiger partial charge in [-0.1, -0.05) is 35.9 Å². The third-order valence-electron chi connectivity index (χ3n) is 6.08. The van der Waals surface area contributed by atoms with Gasteiger partial charge in [0.05, 0.1) is 23.3 Å². The van der Waals surface area contributed by atoms with Crippen molar-refractivity contribution in [1.29, 1.82) is 0 Å². The van der Waals surface area contributed by atoms with E-state index in [0.29, 0.717) is 24.3 Å². The molecule has 194 valence electrons. The van der Waals surface area contributed by atoms with Crippen LogP contribution in [0.2, 0.25) is 5.15 Å². The van der Waals surface area contributed by atoms with E-state index in [1.54, 1.807) is 24.3 Å². The normalized spacial score (nSPS) is 17.3. The average Bonchev–Trinajstić information content (AvgIpc) is 3.37. The van der Waals surface area contributed by atoms with Crippen LogP contribution in [0.3, 0.4) is 0 Å². The summed E-state index contributed by atoms with van der Waals surface area (Å²) < 4.78 is 45.2. The lowest BCUT2D eigenvalue weighted by atomic mass is 9.86. The monoisotopic (exact) mass is 532 g/mol. The largest absolute Gasteiger partial charge is 0.418 e. The summed E-state index contributed by atoms with van der Waals surface area (Å²) in [5.74, 6) is -0.641. The SMILES string of the molecule is O=C(NC[C@@]1(C(=O)NCc2ccc(Nc3ccccc3C(F)(F)F)cc2)CCOC1)c1ccnc(Cl)c1. The summed E-state index contributed by atoms with van der Waals surface area (Å²) in [5.41, 5.74) is -0.153. The summed E-state index contributed by atoms with van der Waals surface area (Å²) in [6.45, 7) is 0.842. The smallest absolute Gasteiger partial charge is 0.380 e. The Balaban J connectivity index is 1.35. The van der Waals surface area contributed by atoms with Crippen molar-refractivity contribution in [2.75, 3.05) is 25.1 Å². The van der Waals surface area contributed by atoms with Gasteiger partial charge in [0.2, 0.25) is 5.91 Å². The van der Waals surface area contributed by atoms with Gasteiger partial charge in [-0.3, -0.25) is 9.59 Å². The van der Waals surface area contributed by atoms with Crippen LogP contribution in [-0.4, -0.2) is 36.6 Å². The lowest BCUT2D eigenvalue weighted by Gasteiger charge is -2.26. The van der Waals surface area contributed by atoms with Crippen molar-refractivity contribution in [3.8, 4) is 0 Å². The molecule has 1 fully saturated rings. The second kappa shape index (κ2) is 11.2. The second-order valence-corrected chi connectivity index (χ2v) is 9.07. The van der Waals surface area contributed by atoms with Crippen LogP contribution in [0.1, 0.15) is 27.9 Å². The summed E-state index contributed by atoms with van der Waals surface area (Å²) in [5, 5.41) is 8.64. The number of nitrogens with one attached hydrogen (secondary N) is 3. The minimum atomic E-state index is -4.47. The van der Waals surface area contributed by atoms with Crippen LogP contribution in [-0.2, 0) is 22.3 Å². The van der Waals surface area contributed by atoms with E-state index in [2.05, 4.69) is 20.9 Å². The van der Waals surface area contributed by atoms with Gasteiger partial charge in [-0.25, -0.2) is 4.98 Å². The van der Waals surface area contributed by atoms with Gasteiger partial charge < -0.3 is 20.7 Å². The van der Waals surface area contributed by atoms with Crippen molar-refractivity contribution >= 4 is 34.8 Å². The molecule has 0 bridgehead atoms. The number of aromatic nitrogens is 1. The van der Waals surface area contributed by atoms with Crippen molar-refractivity contribution in [2.24, 2.45) is 5.41 Å². The molecule has 2 heterocycles. The molecule has 7 nitrogen and oxygen atoms in total. The van der Waals surface area contributed by atoms with Gasteiger partial charge in [0.25, 0.3) is 5.91 Å². The van der Waals surface area contributed by atoms with Crippen LogP contribution < -0.4 is 16.0 Å². The van der Waals surface area contributed by atoms with Gasteiger partial charge in [0.1, 0.15) is 5.15 Å². The number of pyridine rings is 1. The third kappa shape index (κ3) is 6.58. The molecule has 1 aromatic heterocycles. The molecular weight excluding hydrogens is 509 g/mol. The Hall–Kier alpha value is -3.63. The Morgan fingerprint density at radius 2 is 1.81 bits per heavy atom. The maximum absolute atomic E-state index is 13.2. The van der Waals surface area contributed by atoms with Crippen LogP contribution in [0.4, 0.5) is 24.5 Å². The Labute approximate surface area is 216 Å². The lowest BCUT2D eigenvalue weighted by molar-refractivity contribution is -0.137. The predicted molar refractivity (Wildman–Crippen MR) is 132 cm³/mol. The Morgan fingerprint density at radius 1 is 1.05 bits per heavy atom. The number of anilines is 2. The van der Waals surface area contributed by atoms with Crippen molar-refractivity contribution in [3.05, 3.63) is 88.7 Å². The Kier molecular flexibility index (Phi) is 7.99. The molecule has 2 amide bonds. The number of hydrogen-bond acceptors (Lipinski definition) is 5. The Bertz CT molecular complexity index is 1260. The number of carbonyl (C=O) groups is 2. The topological polar surface area (TPSA) is 92.4 Å². The molecule has 0 spiro atoms. The average molecular weight is 533 g/mol. The molecule has 3 aromatic rings. The molecule has 3 N–H and O–H groups in total. The highest BCUT2D eigenvalue weighted by atomic mass is 35.5. The first-order valence-electron chi connectivity index (χ1n) is 11.4. The highest BCUT2D eigenvalue weighted by Crippen LogP contribution is 2.36. The quantitative estimate of drug-likeness (QED) is 0.357. The van der Waals surface area contributed by atoms with E-state index in [0.717, 1.165) is 11.6 Å². The van der Waals surface area contributed by atoms with Gasteiger partial charge in [-0.15, -0.1) is 0 Å². The first-order chi connectivity index (χ1) is 17.7. The molecule has 0 aliphatic carbocycles. The zero-order valence-corrected chi connectivity index (χ0v) is 20.3. The van der Waals surface area contributed by atoms with E-state index in [1.165, 1.54) is 36.5 Å². The molecule has 1 aliphatic heterocycles. The molecule has 2 aromatic carbocycles. The molecule has 11 heteroatoms. The number of carbonyl (C=O) groups excluding carboxylic acids is 2. The highest BCUT2D eigenvalue weighted by molar-refractivity contribution is 6.29. The number of rotatable bonds is 8. The fourth-order valence-corrected chi connectivity index (χ4v) is 4.15. The number of alkyl halides is 3. The van der Waals surface area contributed by atoms with E-state index in [9.17, 15) is 22.8 Å². The summed E-state index contributed by atoms with van der Waals surface area (Å²) in [6.07, 6.45) is -2.61. The number of ether oxygens (including phenoxy) is 1. The summed E-state index contributed by atoms with van der Waals surface area (Å²) >= 11 is 5.84. The number of benzene rings is 2. The lowest BCUT2D eigenvalue weighted by Crippen LogP contribution is -2.48. The third-order valence-corrected chi connectivity index (χ3v) is 6.29. The van der Waals surface area contributed by atoms with Gasteiger partial charge in [-0.05, 0) is 48.4 Å². The van der Waals surface area contributed by atoms with Crippen molar-refractivity contribution in [1.82, 2.24) is 15.6 Å². The van der Waals surface area contributed by atoms with E-state index < -0.39 is 17.2 Å². The first kappa shape index (κ1) is 26.4. The summed E-state index contributed by atoms with van der Waals surface area (Å²) in [4.78, 5) is 29.4. The van der Waals surface area contributed by atoms with E-state index in [4.69, 9.17) is 16.3 Å². The van der Waals surface area contributed by atoms with Crippen molar-refractivity contribution < 1.29 is 27.5 Å². The van der Waals surface area contributed by atoms with Crippen LogP contribution in [0.25, 0.3) is 0 Å². The molecule has 1 aliphatic rings. The maximum Gasteiger partial charge on any atom is 0.418 e. The van der Waals surface area contributed by atoms with E-state index in [-0.39, 0.29) is 42.4 Å². The number of halogens is 4. The fourth-order valence-electron chi connectivity index (χ4n) is 3.97. The minimum Gasteiger partial charge on any atom is -0.380 e.